The Hall–Kier alpha value is -0.330. The lowest BCUT2D eigenvalue weighted by molar-refractivity contribution is -0.126. The minimum atomic E-state index is -0.0237. The number of hydrogen-bond acceptors (Lipinski definition) is 1. The molecule has 1 fully saturated rings. The molecule has 0 saturated heterocycles. The van der Waals surface area contributed by atoms with E-state index in [1.807, 2.05) is 0 Å². The van der Waals surface area contributed by atoms with Crippen LogP contribution < -0.4 is 0 Å². The van der Waals surface area contributed by atoms with E-state index in [4.69, 9.17) is 0 Å². The molecule has 0 unspecified atom stereocenters. The Morgan fingerprint density at radius 1 is 0.667 bits per heavy atom. The van der Waals surface area contributed by atoms with Crippen LogP contribution in [0.2, 0.25) is 0 Å². The molecule has 106 valence electrons. The van der Waals surface area contributed by atoms with Gasteiger partial charge in [-0.15, -0.1) is 0 Å². The van der Waals surface area contributed by atoms with Crippen molar-refractivity contribution < 1.29 is 4.79 Å². The molecule has 0 heterocycles. The Bertz CT molecular complexity index is 218. The average molecular weight is 252 g/mol. The largest absolute Gasteiger partial charge is 0.299 e. The van der Waals surface area contributed by atoms with Gasteiger partial charge in [-0.1, -0.05) is 77.6 Å². The molecule has 1 rings (SSSR count). The maximum atomic E-state index is 11.9. The summed E-state index contributed by atoms with van der Waals surface area (Å²) >= 11 is 0. The molecule has 0 aromatic carbocycles. The second-order valence-corrected chi connectivity index (χ2v) is 6.51. The molecule has 1 heteroatoms. The van der Waals surface area contributed by atoms with Crippen molar-refractivity contribution in [2.75, 3.05) is 0 Å². The third kappa shape index (κ3) is 6.02. The van der Waals surface area contributed by atoms with Crippen molar-refractivity contribution >= 4 is 5.78 Å². The number of Topliss-reactive ketones (excluding diaryl/α,β-unsaturated/α-hetero) is 1. The van der Waals surface area contributed by atoms with Gasteiger partial charge in [-0.2, -0.15) is 0 Å². The van der Waals surface area contributed by atoms with Crippen LogP contribution in [-0.4, -0.2) is 5.78 Å². The van der Waals surface area contributed by atoms with Crippen LogP contribution in [0.25, 0.3) is 0 Å². The number of ketones is 1. The zero-order chi connectivity index (χ0) is 13.3. The Labute approximate surface area is 114 Å². The van der Waals surface area contributed by atoms with E-state index < -0.39 is 0 Å². The number of carbonyl (C=O) groups is 1. The molecule has 1 aliphatic carbocycles. The van der Waals surface area contributed by atoms with E-state index in [0.717, 1.165) is 12.8 Å². The Morgan fingerprint density at radius 3 is 1.22 bits per heavy atom. The summed E-state index contributed by atoms with van der Waals surface area (Å²) in [6.07, 6.45) is 17.2. The van der Waals surface area contributed by atoms with E-state index in [1.54, 1.807) is 6.92 Å². The highest BCUT2D eigenvalue weighted by molar-refractivity contribution is 5.81. The molecular formula is C17H32O. The maximum Gasteiger partial charge on any atom is 0.135 e. The van der Waals surface area contributed by atoms with Crippen molar-refractivity contribution in [3.8, 4) is 0 Å². The first-order valence-corrected chi connectivity index (χ1v) is 8.16. The number of hydrogen-bond donors (Lipinski definition) is 0. The zero-order valence-corrected chi connectivity index (χ0v) is 12.6. The topological polar surface area (TPSA) is 17.1 Å². The van der Waals surface area contributed by atoms with E-state index in [1.165, 1.54) is 70.6 Å². The summed E-state index contributed by atoms with van der Waals surface area (Å²) in [5, 5.41) is 0. The molecule has 0 spiro atoms. The molecule has 1 aliphatic rings. The normalized spacial score (nSPS) is 24.1. The van der Waals surface area contributed by atoms with Crippen LogP contribution in [-0.2, 0) is 4.79 Å². The number of carbonyl (C=O) groups excluding carboxylic acids is 1. The van der Waals surface area contributed by atoms with E-state index >= 15 is 0 Å². The first-order chi connectivity index (χ1) is 8.65. The predicted molar refractivity (Wildman–Crippen MR) is 78.8 cm³/mol. The van der Waals surface area contributed by atoms with E-state index in [-0.39, 0.29) is 5.41 Å². The monoisotopic (exact) mass is 252 g/mol. The highest BCUT2D eigenvalue weighted by Crippen LogP contribution is 2.32. The van der Waals surface area contributed by atoms with E-state index in [0.29, 0.717) is 5.78 Å². The quantitative estimate of drug-likeness (QED) is 0.588. The van der Waals surface area contributed by atoms with Crippen LogP contribution in [0.3, 0.4) is 0 Å². The van der Waals surface area contributed by atoms with Crippen molar-refractivity contribution in [3.63, 3.8) is 0 Å². The smallest absolute Gasteiger partial charge is 0.135 e. The maximum absolute atomic E-state index is 11.9. The van der Waals surface area contributed by atoms with E-state index in [2.05, 4.69) is 6.92 Å². The molecule has 0 aromatic rings. The lowest BCUT2D eigenvalue weighted by Gasteiger charge is -2.27. The van der Waals surface area contributed by atoms with Gasteiger partial charge >= 0.3 is 0 Å². The summed E-state index contributed by atoms with van der Waals surface area (Å²) in [4.78, 5) is 11.9. The van der Waals surface area contributed by atoms with Gasteiger partial charge in [0.15, 0.2) is 0 Å². The van der Waals surface area contributed by atoms with Gasteiger partial charge in [-0.25, -0.2) is 0 Å². The Kier molecular flexibility index (Phi) is 7.62. The first-order valence-electron chi connectivity index (χ1n) is 8.16. The summed E-state index contributed by atoms with van der Waals surface area (Å²) in [6, 6.07) is 0. The molecule has 0 atom stereocenters. The molecule has 0 N–H and O–H groups in total. The van der Waals surface area contributed by atoms with Gasteiger partial charge in [-0.05, 0) is 19.8 Å². The van der Waals surface area contributed by atoms with Gasteiger partial charge < -0.3 is 0 Å². The fourth-order valence-corrected chi connectivity index (χ4v) is 3.10. The zero-order valence-electron chi connectivity index (χ0n) is 12.6. The second-order valence-electron chi connectivity index (χ2n) is 6.51. The molecule has 0 bridgehead atoms. The molecule has 18 heavy (non-hydrogen) atoms. The summed E-state index contributed by atoms with van der Waals surface area (Å²) in [5.41, 5.74) is -0.0237. The van der Waals surface area contributed by atoms with Gasteiger partial charge in [0.2, 0.25) is 0 Å². The second kappa shape index (κ2) is 8.72. The Morgan fingerprint density at radius 2 is 0.944 bits per heavy atom. The van der Waals surface area contributed by atoms with Gasteiger partial charge in [0.1, 0.15) is 5.78 Å². The van der Waals surface area contributed by atoms with Crippen LogP contribution in [0.5, 0.6) is 0 Å². The van der Waals surface area contributed by atoms with Crippen LogP contribution in [0.4, 0.5) is 0 Å². The highest BCUT2D eigenvalue weighted by atomic mass is 16.1. The van der Waals surface area contributed by atoms with Crippen molar-refractivity contribution in [2.45, 2.75) is 97.3 Å². The summed E-state index contributed by atoms with van der Waals surface area (Å²) in [5.74, 6) is 0.412. The third-order valence-corrected chi connectivity index (χ3v) is 4.81. The first kappa shape index (κ1) is 15.7. The van der Waals surface area contributed by atoms with Crippen LogP contribution >= 0.6 is 0 Å². The summed E-state index contributed by atoms with van der Waals surface area (Å²) in [7, 11) is 0. The SMILES string of the molecule is CC(=O)C1(C)CCCCCCCCCCCCC1. The molecule has 1 nitrogen and oxygen atoms in total. The molecule has 0 aromatic heterocycles. The van der Waals surface area contributed by atoms with Gasteiger partial charge in [-0.3, -0.25) is 4.79 Å². The van der Waals surface area contributed by atoms with Crippen molar-refractivity contribution in [3.05, 3.63) is 0 Å². The predicted octanol–water partition coefficient (Wildman–Crippen LogP) is 5.67. The van der Waals surface area contributed by atoms with Gasteiger partial charge in [0.25, 0.3) is 0 Å². The molecule has 0 radical (unpaired) electrons. The molecule has 0 aliphatic heterocycles. The van der Waals surface area contributed by atoms with Crippen molar-refractivity contribution in [1.29, 1.82) is 0 Å². The lowest BCUT2D eigenvalue weighted by atomic mass is 9.76. The van der Waals surface area contributed by atoms with Crippen LogP contribution in [0, 0.1) is 5.41 Å². The average Bonchev–Trinajstić information content (AvgIpc) is 2.34. The third-order valence-electron chi connectivity index (χ3n) is 4.81. The standard InChI is InChI=1S/C17H32O/c1-16(18)17(2)14-12-10-8-6-4-3-5-7-9-11-13-15-17/h3-15H2,1-2H3. The van der Waals surface area contributed by atoms with Crippen LogP contribution in [0.15, 0.2) is 0 Å². The Balaban J connectivity index is 2.41. The van der Waals surface area contributed by atoms with Crippen LogP contribution in [0.1, 0.15) is 97.3 Å². The fourth-order valence-electron chi connectivity index (χ4n) is 3.10. The summed E-state index contributed by atoms with van der Waals surface area (Å²) in [6.45, 7) is 3.99. The minimum absolute atomic E-state index is 0.0237. The van der Waals surface area contributed by atoms with Crippen molar-refractivity contribution in [2.24, 2.45) is 5.41 Å². The van der Waals surface area contributed by atoms with Crippen molar-refractivity contribution in [1.82, 2.24) is 0 Å². The van der Waals surface area contributed by atoms with E-state index in [9.17, 15) is 4.79 Å². The molecule has 1 saturated carbocycles. The highest BCUT2D eigenvalue weighted by Gasteiger charge is 2.28. The van der Waals surface area contributed by atoms with Gasteiger partial charge in [0.05, 0.1) is 0 Å². The summed E-state index contributed by atoms with van der Waals surface area (Å²) < 4.78 is 0. The molecular weight excluding hydrogens is 220 g/mol. The van der Waals surface area contributed by atoms with Gasteiger partial charge in [0, 0.05) is 5.41 Å². The molecule has 0 amide bonds. The minimum Gasteiger partial charge on any atom is -0.299 e. The fraction of sp³-hybridized carbons (Fsp3) is 0.941. The lowest BCUT2D eigenvalue weighted by Crippen LogP contribution is -2.25. The number of rotatable bonds is 1.